The van der Waals surface area contributed by atoms with E-state index < -0.39 is 5.82 Å². The average molecular weight is 147 g/mol. The Kier molecular flexibility index (Phi) is 1.53. The molecule has 2 N–H and O–H groups in total. The molecule has 48 valence electrons. The summed E-state index contributed by atoms with van der Waals surface area (Å²) in [7, 11) is 0. The monoisotopic (exact) mass is 146 g/mol. The summed E-state index contributed by atoms with van der Waals surface area (Å²) in [5, 5.41) is 0.148. The Morgan fingerprint density at radius 2 is 2.22 bits per heavy atom. The Bertz CT molecular complexity index is 206. The Balaban J connectivity index is 3.25. The molecule has 0 bridgehead atoms. The van der Waals surface area contributed by atoms with Crippen molar-refractivity contribution in [2.24, 2.45) is 0 Å². The maximum absolute atomic E-state index is 12.3. The molecule has 0 unspecified atom stereocenters. The van der Waals surface area contributed by atoms with E-state index in [-0.39, 0.29) is 10.7 Å². The topological polar surface area (TPSA) is 38.9 Å². The van der Waals surface area contributed by atoms with E-state index in [2.05, 4.69) is 4.98 Å². The lowest BCUT2D eigenvalue weighted by Gasteiger charge is -1.94. The van der Waals surface area contributed by atoms with Crippen molar-refractivity contribution in [3.05, 3.63) is 23.2 Å². The van der Waals surface area contributed by atoms with Crippen LogP contribution in [0.4, 0.5) is 10.1 Å². The van der Waals surface area contributed by atoms with Gasteiger partial charge in [-0.15, -0.1) is 0 Å². The molecule has 0 fully saturated rings. The van der Waals surface area contributed by atoms with E-state index in [1.165, 1.54) is 6.20 Å². The van der Waals surface area contributed by atoms with E-state index >= 15 is 0 Å². The normalized spacial score (nSPS) is 9.56. The minimum atomic E-state index is -0.581. The van der Waals surface area contributed by atoms with Gasteiger partial charge in [-0.05, 0) is 0 Å². The lowest BCUT2D eigenvalue weighted by molar-refractivity contribution is 0.626. The molecule has 0 aliphatic carbocycles. The Morgan fingerprint density at radius 1 is 1.56 bits per heavy atom. The summed E-state index contributed by atoms with van der Waals surface area (Å²) in [4.78, 5) is 3.46. The van der Waals surface area contributed by atoms with Crippen LogP contribution in [-0.2, 0) is 0 Å². The second-order valence-corrected chi connectivity index (χ2v) is 1.92. The van der Waals surface area contributed by atoms with Gasteiger partial charge in [-0.25, -0.2) is 4.39 Å². The molecule has 0 amide bonds. The van der Waals surface area contributed by atoms with Gasteiger partial charge in [-0.2, -0.15) is 0 Å². The van der Waals surface area contributed by atoms with Crippen molar-refractivity contribution in [1.82, 2.24) is 4.98 Å². The maximum Gasteiger partial charge on any atom is 0.165 e. The van der Waals surface area contributed by atoms with Gasteiger partial charge in [-0.3, -0.25) is 4.98 Å². The summed E-state index contributed by atoms with van der Waals surface area (Å²) in [5.41, 5.74) is 5.09. The molecule has 4 heteroatoms. The molecule has 1 heterocycles. The molecule has 9 heavy (non-hydrogen) atoms. The Hall–Kier alpha value is -0.830. The second-order valence-electron chi connectivity index (χ2n) is 1.52. The highest BCUT2D eigenvalue weighted by molar-refractivity contribution is 6.32. The zero-order valence-electron chi connectivity index (χ0n) is 4.44. The van der Waals surface area contributed by atoms with Crippen LogP contribution < -0.4 is 5.73 Å². The third-order valence-electron chi connectivity index (χ3n) is 0.890. The first kappa shape index (κ1) is 6.29. The van der Waals surface area contributed by atoms with Gasteiger partial charge in [0.05, 0.1) is 16.9 Å². The predicted molar refractivity (Wildman–Crippen MR) is 33.6 cm³/mol. The number of rotatable bonds is 0. The summed E-state index contributed by atoms with van der Waals surface area (Å²) >= 11 is 5.39. The van der Waals surface area contributed by atoms with Gasteiger partial charge in [0, 0.05) is 6.20 Å². The summed E-state index contributed by atoms with van der Waals surface area (Å²) in [5.74, 6) is -0.581. The van der Waals surface area contributed by atoms with Crippen LogP contribution in [0, 0.1) is 5.82 Å². The van der Waals surface area contributed by atoms with Crippen molar-refractivity contribution in [3.8, 4) is 0 Å². The van der Waals surface area contributed by atoms with E-state index in [1.54, 1.807) is 0 Å². The molecule has 0 aliphatic heterocycles. The van der Waals surface area contributed by atoms with E-state index in [0.717, 1.165) is 6.20 Å². The smallest absolute Gasteiger partial charge is 0.165 e. The van der Waals surface area contributed by atoms with Crippen molar-refractivity contribution in [1.29, 1.82) is 0 Å². The number of nitrogens with zero attached hydrogens (tertiary/aromatic N) is 1. The largest absolute Gasteiger partial charge is 0.395 e. The van der Waals surface area contributed by atoms with Crippen molar-refractivity contribution >= 4 is 17.3 Å². The standard InChI is InChI=1S/C5H4ClFN2/c6-3-1-9-2-4(7)5(3)8/h1-2H,(H2,8,9). The summed E-state index contributed by atoms with van der Waals surface area (Å²) in [6, 6.07) is 0. The highest BCUT2D eigenvalue weighted by atomic mass is 35.5. The second kappa shape index (κ2) is 2.19. The molecule has 2 nitrogen and oxygen atoms in total. The summed E-state index contributed by atoms with van der Waals surface area (Å²) in [6.07, 6.45) is 2.31. The van der Waals surface area contributed by atoms with Crippen molar-refractivity contribution < 1.29 is 4.39 Å². The molecule has 0 saturated heterocycles. The number of hydrogen-bond donors (Lipinski definition) is 1. The fourth-order valence-corrected chi connectivity index (χ4v) is 0.568. The average Bonchev–Trinajstić information content (AvgIpc) is 1.83. The zero-order chi connectivity index (χ0) is 6.85. The molecular weight excluding hydrogens is 143 g/mol. The first-order valence-corrected chi connectivity index (χ1v) is 2.64. The van der Waals surface area contributed by atoms with E-state index in [0.29, 0.717) is 0 Å². The minimum Gasteiger partial charge on any atom is -0.395 e. The molecule has 0 aromatic carbocycles. The van der Waals surface area contributed by atoms with Crippen LogP contribution in [0.2, 0.25) is 5.02 Å². The molecule has 0 radical (unpaired) electrons. The van der Waals surface area contributed by atoms with Gasteiger partial charge in [0.25, 0.3) is 0 Å². The molecule has 0 atom stereocenters. The third kappa shape index (κ3) is 1.10. The van der Waals surface area contributed by atoms with Gasteiger partial charge >= 0.3 is 0 Å². The number of hydrogen-bond acceptors (Lipinski definition) is 2. The lowest BCUT2D eigenvalue weighted by Crippen LogP contribution is -1.91. The zero-order valence-corrected chi connectivity index (χ0v) is 5.19. The van der Waals surface area contributed by atoms with Crippen LogP contribution in [0.3, 0.4) is 0 Å². The van der Waals surface area contributed by atoms with Crippen LogP contribution in [0.1, 0.15) is 0 Å². The summed E-state index contributed by atoms with van der Waals surface area (Å²) in [6.45, 7) is 0. The van der Waals surface area contributed by atoms with E-state index in [9.17, 15) is 4.39 Å². The molecule has 0 aliphatic rings. The minimum absolute atomic E-state index is 0.0494. The highest BCUT2D eigenvalue weighted by Crippen LogP contribution is 2.18. The molecule has 1 aromatic rings. The number of pyridine rings is 1. The molecule has 0 spiro atoms. The van der Waals surface area contributed by atoms with Gasteiger partial charge in [0.1, 0.15) is 0 Å². The number of nitrogen functional groups attached to an aromatic ring is 1. The lowest BCUT2D eigenvalue weighted by atomic mass is 10.4. The molecule has 1 aromatic heterocycles. The van der Waals surface area contributed by atoms with E-state index in [4.69, 9.17) is 17.3 Å². The maximum atomic E-state index is 12.3. The van der Waals surface area contributed by atoms with E-state index in [1.807, 2.05) is 0 Å². The number of anilines is 1. The van der Waals surface area contributed by atoms with Gasteiger partial charge in [-0.1, -0.05) is 11.6 Å². The number of nitrogens with two attached hydrogens (primary N) is 1. The van der Waals surface area contributed by atoms with Crippen LogP contribution in [-0.4, -0.2) is 4.98 Å². The molecule has 0 saturated carbocycles. The fraction of sp³-hybridized carbons (Fsp3) is 0. The van der Waals surface area contributed by atoms with Crippen LogP contribution in [0.5, 0.6) is 0 Å². The van der Waals surface area contributed by atoms with Crippen molar-refractivity contribution in [2.75, 3.05) is 5.73 Å². The molecular formula is C5H4ClFN2. The van der Waals surface area contributed by atoms with Crippen LogP contribution >= 0.6 is 11.6 Å². The quantitative estimate of drug-likeness (QED) is 0.602. The van der Waals surface area contributed by atoms with Gasteiger partial charge < -0.3 is 5.73 Å². The number of aromatic nitrogens is 1. The summed E-state index contributed by atoms with van der Waals surface area (Å²) < 4.78 is 12.3. The predicted octanol–water partition coefficient (Wildman–Crippen LogP) is 1.46. The Labute approximate surface area is 56.5 Å². The first-order valence-electron chi connectivity index (χ1n) is 2.26. The fourth-order valence-electron chi connectivity index (χ4n) is 0.421. The van der Waals surface area contributed by atoms with Crippen LogP contribution in [0.15, 0.2) is 12.4 Å². The van der Waals surface area contributed by atoms with Crippen LogP contribution in [0.25, 0.3) is 0 Å². The van der Waals surface area contributed by atoms with Crippen molar-refractivity contribution in [3.63, 3.8) is 0 Å². The van der Waals surface area contributed by atoms with Crippen molar-refractivity contribution in [2.45, 2.75) is 0 Å². The highest BCUT2D eigenvalue weighted by Gasteiger charge is 2.00. The molecule has 1 rings (SSSR count). The third-order valence-corrected chi connectivity index (χ3v) is 1.19. The van der Waals surface area contributed by atoms with Gasteiger partial charge in [0.15, 0.2) is 5.82 Å². The first-order chi connectivity index (χ1) is 4.22. The number of halogens is 2. The van der Waals surface area contributed by atoms with Gasteiger partial charge in [0.2, 0.25) is 0 Å². The Morgan fingerprint density at radius 3 is 2.67 bits per heavy atom. The SMILES string of the molecule is Nc1c(F)cncc1Cl.